The highest BCUT2D eigenvalue weighted by Crippen LogP contribution is 2.34. The monoisotopic (exact) mass is 390 g/mol. The van der Waals surface area contributed by atoms with Gasteiger partial charge in [0.05, 0.1) is 13.7 Å². The lowest BCUT2D eigenvalue weighted by molar-refractivity contribution is -0.112. The first-order chi connectivity index (χ1) is 13.9. The molecule has 0 aliphatic rings. The average molecular weight is 390 g/mol. The number of allylic oxidation sites excluding steroid dienone is 1. The molecule has 0 heterocycles. The van der Waals surface area contributed by atoms with Crippen molar-refractivity contribution in [1.29, 1.82) is 5.26 Å². The summed E-state index contributed by atoms with van der Waals surface area (Å²) in [7, 11) is 1.58. The van der Waals surface area contributed by atoms with Crippen LogP contribution in [0.2, 0.25) is 0 Å². The Bertz CT molecular complexity index is 984. The number of hydrogen-bond acceptors (Lipinski definition) is 4. The fourth-order valence-corrected chi connectivity index (χ4v) is 2.96. The molecule has 0 aromatic heterocycles. The zero-order valence-corrected chi connectivity index (χ0v) is 17.3. The highest BCUT2D eigenvalue weighted by molar-refractivity contribution is 6.10. The molecular formula is C24H26N2O3. The van der Waals surface area contributed by atoms with E-state index in [1.165, 1.54) is 0 Å². The first-order valence-electron chi connectivity index (χ1n) is 9.39. The lowest BCUT2D eigenvalue weighted by Crippen LogP contribution is -2.14. The Balaban J connectivity index is 2.43. The Hall–Kier alpha value is -3.52. The molecule has 0 saturated heterocycles. The zero-order chi connectivity index (χ0) is 21.4. The number of methoxy groups -OCH3 is 1. The minimum Gasteiger partial charge on any atom is -0.493 e. The number of rotatable bonds is 8. The Kier molecular flexibility index (Phi) is 7.62. The molecule has 1 amide bonds. The van der Waals surface area contributed by atoms with Gasteiger partial charge in [0.1, 0.15) is 11.6 Å². The first-order valence-corrected chi connectivity index (χ1v) is 9.39. The molecule has 0 saturated carbocycles. The maximum atomic E-state index is 12.7. The maximum absolute atomic E-state index is 12.7. The van der Waals surface area contributed by atoms with Crippen LogP contribution in [0.3, 0.4) is 0 Å². The lowest BCUT2D eigenvalue weighted by atomic mass is 10.0. The molecule has 0 spiro atoms. The van der Waals surface area contributed by atoms with Gasteiger partial charge in [0.25, 0.3) is 5.91 Å². The fraction of sp³-hybridized carbons (Fsp3) is 0.250. The van der Waals surface area contributed by atoms with Crippen molar-refractivity contribution in [2.45, 2.75) is 27.2 Å². The van der Waals surface area contributed by atoms with Crippen LogP contribution in [0.1, 0.15) is 29.2 Å². The van der Waals surface area contributed by atoms with Gasteiger partial charge >= 0.3 is 0 Å². The minimum absolute atomic E-state index is 0.00285. The zero-order valence-electron chi connectivity index (χ0n) is 17.3. The van der Waals surface area contributed by atoms with Crippen molar-refractivity contribution in [2.24, 2.45) is 0 Å². The number of hydrogen-bond donors (Lipinski definition) is 1. The Morgan fingerprint density at radius 3 is 2.69 bits per heavy atom. The number of nitrogens with zero attached hydrogens (tertiary/aromatic N) is 1. The van der Waals surface area contributed by atoms with Gasteiger partial charge < -0.3 is 14.8 Å². The highest BCUT2D eigenvalue weighted by Gasteiger charge is 2.15. The third-order valence-electron chi connectivity index (χ3n) is 4.55. The van der Waals surface area contributed by atoms with Gasteiger partial charge in [0.2, 0.25) is 0 Å². The molecule has 5 nitrogen and oxygen atoms in total. The van der Waals surface area contributed by atoms with Gasteiger partial charge in [-0.15, -0.1) is 6.58 Å². The molecule has 2 aromatic carbocycles. The quantitative estimate of drug-likeness (QED) is 0.392. The molecule has 0 fully saturated rings. The van der Waals surface area contributed by atoms with Crippen LogP contribution in [0, 0.1) is 25.2 Å². The van der Waals surface area contributed by atoms with Crippen LogP contribution >= 0.6 is 0 Å². The number of nitriles is 1. The average Bonchev–Trinajstić information content (AvgIpc) is 2.70. The summed E-state index contributed by atoms with van der Waals surface area (Å²) in [6.07, 6.45) is 3.88. The second kappa shape index (κ2) is 10.1. The summed E-state index contributed by atoms with van der Waals surface area (Å²) in [6.45, 7) is 10.0. The van der Waals surface area contributed by atoms with Gasteiger partial charge in [-0.3, -0.25) is 4.79 Å². The van der Waals surface area contributed by atoms with Gasteiger partial charge in [-0.25, -0.2) is 0 Å². The van der Waals surface area contributed by atoms with Crippen molar-refractivity contribution in [3.05, 3.63) is 70.8 Å². The van der Waals surface area contributed by atoms with Crippen molar-refractivity contribution in [2.75, 3.05) is 19.0 Å². The SMILES string of the molecule is C=CCc1cc(/C=C(\C#N)C(=O)Nc2cccc(C)c2C)cc(OCC)c1OC. The summed E-state index contributed by atoms with van der Waals surface area (Å²) in [4.78, 5) is 12.7. The van der Waals surface area contributed by atoms with Crippen LogP contribution < -0.4 is 14.8 Å². The van der Waals surface area contributed by atoms with E-state index in [4.69, 9.17) is 9.47 Å². The second-order valence-electron chi connectivity index (χ2n) is 6.51. The fourth-order valence-electron chi connectivity index (χ4n) is 2.96. The number of ether oxygens (including phenoxy) is 2. The molecule has 29 heavy (non-hydrogen) atoms. The van der Waals surface area contributed by atoms with Crippen molar-refractivity contribution in [3.8, 4) is 17.6 Å². The third-order valence-corrected chi connectivity index (χ3v) is 4.55. The number of carbonyl (C=O) groups is 1. The number of benzene rings is 2. The summed E-state index contributed by atoms with van der Waals surface area (Å²) in [5.74, 6) is 0.732. The van der Waals surface area contributed by atoms with Gasteiger partial charge in [-0.05, 0) is 68.2 Å². The van der Waals surface area contributed by atoms with Crippen molar-refractivity contribution >= 4 is 17.7 Å². The molecule has 2 rings (SSSR count). The molecule has 0 bridgehead atoms. The van der Waals surface area contributed by atoms with Crippen LogP contribution in [0.15, 0.2) is 48.6 Å². The molecule has 1 N–H and O–H groups in total. The number of nitrogens with one attached hydrogen (secondary N) is 1. The van der Waals surface area contributed by atoms with Crippen molar-refractivity contribution in [3.63, 3.8) is 0 Å². The van der Waals surface area contributed by atoms with E-state index >= 15 is 0 Å². The molecule has 0 aliphatic heterocycles. The molecule has 0 atom stereocenters. The lowest BCUT2D eigenvalue weighted by Gasteiger charge is -2.14. The molecule has 5 heteroatoms. The minimum atomic E-state index is -0.458. The van der Waals surface area contributed by atoms with E-state index in [1.807, 2.05) is 51.1 Å². The molecule has 2 aromatic rings. The topological polar surface area (TPSA) is 71.4 Å². The Labute approximate surface area is 172 Å². The molecule has 0 aliphatic carbocycles. The van der Waals surface area contributed by atoms with Crippen LogP contribution in [0.4, 0.5) is 5.69 Å². The standard InChI is InChI=1S/C24H26N2O3/c1-6-9-19-12-18(14-22(29-7-2)23(19)28-5)13-20(15-25)24(27)26-21-11-8-10-16(3)17(21)4/h6,8,10-14H,1,7,9H2,2-5H3,(H,26,27)/b20-13+. The second-order valence-corrected chi connectivity index (χ2v) is 6.51. The van der Waals surface area contributed by atoms with E-state index in [9.17, 15) is 10.1 Å². The molecule has 150 valence electrons. The maximum Gasteiger partial charge on any atom is 0.266 e. The molecule has 0 unspecified atom stereocenters. The van der Waals surface area contributed by atoms with Crippen LogP contribution in [0.25, 0.3) is 6.08 Å². The largest absolute Gasteiger partial charge is 0.493 e. The number of aryl methyl sites for hydroxylation is 1. The first kappa shape index (κ1) is 21.8. The van der Waals surface area contributed by atoms with Crippen LogP contribution in [-0.2, 0) is 11.2 Å². The summed E-state index contributed by atoms with van der Waals surface area (Å²) in [5.41, 5.74) is 4.27. The number of carbonyl (C=O) groups excluding carboxylic acids is 1. The van der Waals surface area contributed by atoms with Gasteiger partial charge in [-0.1, -0.05) is 18.2 Å². The summed E-state index contributed by atoms with van der Waals surface area (Å²) >= 11 is 0. The van der Waals surface area contributed by atoms with Gasteiger partial charge in [0.15, 0.2) is 11.5 Å². The molecular weight excluding hydrogens is 364 g/mol. The van der Waals surface area contributed by atoms with E-state index in [1.54, 1.807) is 25.3 Å². The predicted molar refractivity (Wildman–Crippen MR) is 116 cm³/mol. The van der Waals surface area contributed by atoms with Crippen LogP contribution in [-0.4, -0.2) is 19.6 Å². The third kappa shape index (κ3) is 5.26. The normalized spacial score (nSPS) is 10.8. The van der Waals surface area contributed by atoms with Gasteiger partial charge in [0, 0.05) is 11.3 Å². The highest BCUT2D eigenvalue weighted by atomic mass is 16.5. The van der Waals surface area contributed by atoms with Crippen LogP contribution in [0.5, 0.6) is 11.5 Å². The van der Waals surface area contributed by atoms with Crippen molar-refractivity contribution in [1.82, 2.24) is 0 Å². The Morgan fingerprint density at radius 1 is 1.31 bits per heavy atom. The van der Waals surface area contributed by atoms with E-state index < -0.39 is 5.91 Å². The number of anilines is 1. The summed E-state index contributed by atoms with van der Waals surface area (Å²) < 4.78 is 11.2. The number of amides is 1. The predicted octanol–water partition coefficient (Wildman–Crippen LogP) is 4.98. The van der Waals surface area contributed by atoms with E-state index in [0.717, 1.165) is 16.7 Å². The van der Waals surface area contributed by atoms with Crippen molar-refractivity contribution < 1.29 is 14.3 Å². The van der Waals surface area contributed by atoms with E-state index in [2.05, 4.69) is 11.9 Å². The van der Waals surface area contributed by atoms with Gasteiger partial charge in [-0.2, -0.15) is 5.26 Å². The molecule has 0 radical (unpaired) electrons. The van der Waals surface area contributed by atoms with E-state index in [0.29, 0.717) is 35.8 Å². The Morgan fingerprint density at radius 2 is 2.07 bits per heavy atom. The summed E-state index contributed by atoms with van der Waals surface area (Å²) in [5, 5.41) is 12.4. The smallest absolute Gasteiger partial charge is 0.266 e. The van der Waals surface area contributed by atoms with E-state index in [-0.39, 0.29) is 5.57 Å². The summed E-state index contributed by atoms with van der Waals surface area (Å²) in [6, 6.07) is 11.3.